The van der Waals surface area contributed by atoms with Crippen LogP contribution in [0.5, 0.6) is 0 Å². The molecular formula is C10H18O2. The summed E-state index contributed by atoms with van der Waals surface area (Å²) in [5, 5.41) is 9.56. The van der Waals surface area contributed by atoms with Crippen LogP contribution in [0.25, 0.3) is 0 Å². The number of rotatable bonds is 5. The molecule has 0 rings (SSSR count). The minimum absolute atomic E-state index is 0.306. The van der Waals surface area contributed by atoms with Crippen LogP contribution in [-0.2, 0) is 4.79 Å². The molecule has 70 valence electrons. The molecular weight excluding hydrogens is 152 g/mol. The first-order valence-corrected chi connectivity index (χ1v) is 4.40. The molecule has 0 radical (unpaired) electrons. The van der Waals surface area contributed by atoms with E-state index in [9.17, 15) is 9.90 Å². The summed E-state index contributed by atoms with van der Waals surface area (Å²) < 4.78 is 0. The first-order chi connectivity index (χ1) is 5.61. The van der Waals surface area contributed by atoms with Crippen molar-refractivity contribution in [3.05, 3.63) is 11.6 Å². The molecule has 12 heavy (non-hydrogen) atoms. The van der Waals surface area contributed by atoms with Crippen LogP contribution < -0.4 is 0 Å². The Labute approximate surface area is 74.3 Å². The van der Waals surface area contributed by atoms with E-state index in [0.29, 0.717) is 12.3 Å². The second kappa shape index (κ2) is 5.95. The van der Waals surface area contributed by atoms with Gasteiger partial charge in [0.1, 0.15) is 6.29 Å². The second-order valence-corrected chi connectivity index (χ2v) is 3.31. The van der Waals surface area contributed by atoms with Crippen LogP contribution in [0.15, 0.2) is 11.6 Å². The Bertz CT molecular complexity index is 161. The average Bonchev–Trinajstić information content (AvgIpc) is 2.03. The van der Waals surface area contributed by atoms with E-state index in [4.69, 9.17) is 0 Å². The van der Waals surface area contributed by atoms with Gasteiger partial charge in [-0.25, -0.2) is 0 Å². The molecule has 2 nitrogen and oxygen atoms in total. The fraction of sp³-hybridized carbons (Fsp3) is 0.700. The zero-order valence-corrected chi connectivity index (χ0v) is 8.08. The standard InChI is InChI=1S/C10H18O2/c1-4-9(3)10(12)7-8(2)5-6-11/h5-6,9-10,12H,4,7H2,1-3H3/b8-5+. The lowest BCUT2D eigenvalue weighted by atomic mass is 9.96. The van der Waals surface area contributed by atoms with Crippen LogP contribution >= 0.6 is 0 Å². The van der Waals surface area contributed by atoms with Crippen LogP contribution in [0.4, 0.5) is 0 Å². The molecule has 0 aromatic heterocycles. The Morgan fingerprint density at radius 1 is 1.58 bits per heavy atom. The second-order valence-electron chi connectivity index (χ2n) is 3.31. The van der Waals surface area contributed by atoms with Crippen LogP contribution in [0.2, 0.25) is 0 Å². The van der Waals surface area contributed by atoms with Crippen LogP contribution in [0.3, 0.4) is 0 Å². The predicted octanol–water partition coefficient (Wildman–Crippen LogP) is 1.93. The lowest BCUT2D eigenvalue weighted by Crippen LogP contribution is -2.16. The Morgan fingerprint density at radius 2 is 2.17 bits per heavy atom. The van der Waals surface area contributed by atoms with E-state index in [1.165, 1.54) is 6.08 Å². The van der Waals surface area contributed by atoms with Crippen molar-refractivity contribution in [3.63, 3.8) is 0 Å². The molecule has 0 amide bonds. The average molecular weight is 170 g/mol. The predicted molar refractivity (Wildman–Crippen MR) is 49.9 cm³/mol. The van der Waals surface area contributed by atoms with E-state index in [1.54, 1.807) is 0 Å². The van der Waals surface area contributed by atoms with Crippen LogP contribution in [0.1, 0.15) is 33.6 Å². The van der Waals surface area contributed by atoms with E-state index >= 15 is 0 Å². The van der Waals surface area contributed by atoms with Gasteiger partial charge in [-0.1, -0.05) is 25.8 Å². The fourth-order valence-electron chi connectivity index (χ4n) is 0.987. The molecule has 0 aliphatic carbocycles. The lowest BCUT2D eigenvalue weighted by molar-refractivity contribution is -0.104. The van der Waals surface area contributed by atoms with E-state index < -0.39 is 0 Å². The van der Waals surface area contributed by atoms with Gasteiger partial charge in [0.05, 0.1) is 6.10 Å². The van der Waals surface area contributed by atoms with Crippen LogP contribution in [-0.4, -0.2) is 17.5 Å². The number of hydrogen-bond acceptors (Lipinski definition) is 2. The molecule has 0 bridgehead atoms. The minimum atomic E-state index is -0.314. The monoisotopic (exact) mass is 170 g/mol. The van der Waals surface area contributed by atoms with Gasteiger partial charge in [-0.2, -0.15) is 0 Å². The Balaban J connectivity index is 3.90. The van der Waals surface area contributed by atoms with Crippen molar-refractivity contribution in [1.82, 2.24) is 0 Å². The topological polar surface area (TPSA) is 37.3 Å². The van der Waals surface area contributed by atoms with Crippen molar-refractivity contribution in [2.75, 3.05) is 0 Å². The minimum Gasteiger partial charge on any atom is -0.393 e. The molecule has 0 saturated heterocycles. The molecule has 1 N–H and O–H groups in total. The molecule has 0 aromatic carbocycles. The largest absolute Gasteiger partial charge is 0.393 e. The Kier molecular flexibility index (Phi) is 5.64. The normalized spacial score (nSPS) is 17.2. The Morgan fingerprint density at radius 3 is 2.58 bits per heavy atom. The van der Waals surface area contributed by atoms with Gasteiger partial charge in [0.15, 0.2) is 0 Å². The number of aliphatic hydroxyl groups excluding tert-OH is 1. The highest BCUT2D eigenvalue weighted by Gasteiger charge is 2.11. The van der Waals surface area contributed by atoms with Crippen molar-refractivity contribution < 1.29 is 9.90 Å². The Hall–Kier alpha value is -0.630. The molecule has 0 heterocycles. The molecule has 0 aliphatic rings. The van der Waals surface area contributed by atoms with E-state index in [0.717, 1.165) is 18.3 Å². The quantitative estimate of drug-likeness (QED) is 0.505. The number of carbonyl (C=O) groups excluding carboxylic acids is 1. The summed E-state index contributed by atoms with van der Waals surface area (Å²) in [5.41, 5.74) is 0.942. The van der Waals surface area contributed by atoms with Gasteiger partial charge >= 0.3 is 0 Å². The molecule has 2 atom stereocenters. The molecule has 0 spiro atoms. The summed E-state index contributed by atoms with van der Waals surface area (Å²) in [6.45, 7) is 5.92. The maximum absolute atomic E-state index is 10.1. The zero-order chi connectivity index (χ0) is 9.56. The van der Waals surface area contributed by atoms with Crippen LogP contribution in [0, 0.1) is 5.92 Å². The van der Waals surface area contributed by atoms with Crippen molar-refractivity contribution >= 4 is 6.29 Å². The van der Waals surface area contributed by atoms with Gasteiger partial charge in [0.25, 0.3) is 0 Å². The number of allylic oxidation sites excluding steroid dienone is 1. The van der Waals surface area contributed by atoms with Crippen molar-refractivity contribution in [2.45, 2.75) is 39.7 Å². The number of aldehydes is 1. The summed E-state index contributed by atoms with van der Waals surface area (Å²) in [5.74, 6) is 0.306. The molecule has 0 saturated carbocycles. The summed E-state index contributed by atoms with van der Waals surface area (Å²) in [6.07, 6.45) is 3.53. The van der Waals surface area contributed by atoms with E-state index in [2.05, 4.69) is 0 Å². The number of hydrogen-bond donors (Lipinski definition) is 1. The van der Waals surface area contributed by atoms with Gasteiger partial charge in [-0.15, -0.1) is 0 Å². The molecule has 0 aromatic rings. The maximum Gasteiger partial charge on any atom is 0.142 e. The fourth-order valence-corrected chi connectivity index (χ4v) is 0.987. The first kappa shape index (κ1) is 11.4. The zero-order valence-electron chi connectivity index (χ0n) is 8.08. The maximum atomic E-state index is 10.1. The van der Waals surface area contributed by atoms with E-state index in [-0.39, 0.29) is 6.10 Å². The highest BCUT2D eigenvalue weighted by atomic mass is 16.3. The first-order valence-electron chi connectivity index (χ1n) is 4.40. The van der Waals surface area contributed by atoms with Crippen molar-refractivity contribution in [3.8, 4) is 0 Å². The van der Waals surface area contributed by atoms with Gasteiger partial charge in [-0.05, 0) is 25.3 Å². The number of aliphatic hydroxyl groups is 1. The van der Waals surface area contributed by atoms with Crippen molar-refractivity contribution in [2.24, 2.45) is 5.92 Å². The summed E-state index contributed by atoms with van der Waals surface area (Å²) in [7, 11) is 0. The van der Waals surface area contributed by atoms with Gasteiger partial charge < -0.3 is 5.11 Å². The highest BCUT2D eigenvalue weighted by Crippen LogP contribution is 2.14. The van der Waals surface area contributed by atoms with Gasteiger partial charge in [0, 0.05) is 0 Å². The molecule has 0 fully saturated rings. The molecule has 2 unspecified atom stereocenters. The third kappa shape index (κ3) is 4.29. The molecule has 0 aliphatic heterocycles. The van der Waals surface area contributed by atoms with Gasteiger partial charge in [0.2, 0.25) is 0 Å². The van der Waals surface area contributed by atoms with Crippen molar-refractivity contribution in [1.29, 1.82) is 0 Å². The summed E-state index contributed by atoms with van der Waals surface area (Å²) >= 11 is 0. The molecule has 2 heteroatoms. The summed E-state index contributed by atoms with van der Waals surface area (Å²) in [6, 6.07) is 0. The van der Waals surface area contributed by atoms with E-state index in [1.807, 2.05) is 20.8 Å². The smallest absolute Gasteiger partial charge is 0.142 e. The lowest BCUT2D eigenvalue weighted by Gasteiger charge is -2.16. The highest BCUT2D eigenvalue weighted by molar-refractivity contribution is 5.65. The number of carbonyl (C=O) groups is 1. The third-order valence-electron chi connectivity index (χ3n) is 2.18. The SMILES string of the molecule is CCC(C)C(O)C/C(C)=C/C=O. The van der Waals surface area contributed by atoms with Gasteiger partial charge in [-0.3, -0.25) is 4.79 Å². The summed E-state index contributed by atoms with van der Waals surface area (Å²) in [4.78, 5) is 10.1. The third-order valence-corrected chi connectivity index (χ3v) is 2.18.